The van der Waals surface area contributed by atoms with Crippen molar-refractivity contribution < 1.29 is 9.26 Å². The maximum atomic E-state index is 6.13. The molecule has 0 amide bonds. The Kier molecular flexibility index (Phi) is 7.49. The van der Waals surface area contributed by atoms with E-state index in [0.717, 1.165) is 53.8 Å². The first-order valence-electron chi connectivity index (χ1n) is 9.92. The molecule has 28 heavy (non-hydrogen) atoms. The number of aromatic nitrogens is 1. The fourth-order valence-corrected chi connectivity index (χ4v) is 2.89. The predicted molar refractivity (Wildman–Crippen MR) is 114 cm³/mol. The Morgan fingerprint density at radius 3 is 2.54 bits per heavy atom. The Balaban J connectivity index is 2.06. The van der Waals surface area contributed by atoms with Gasteiger partial charge in [0.2, 0.25) is 0 Å². The van der Waals surface area contributed by atoms with Crippen LogP contribution in [0.4, 0.5) is 0 Å². The van der Waals surface area contributed by atoms with Gasteiger partial charge in [0.15, 0.2) is 5.96 Å². The summed E-state index contributed by atoms with van der Waals surface area (Å²) < 4.78 is 11.4. The van der Waals surface area contributed by atoms with E-state index < -0.39 is 0 Å². The van der Waals surface area contributed by atoms with Crippen LogP contribution in [0.1, 0.15) is 55.8 Å². The van der Waals surface area contributed by atoms with Crippen LogP contribution in [0, 0.1) is 20.8 Å². The number of rotatable bonds is 7. The van der Waals surface area contributed by atoms with E-state index in [0.29, 0.717) is 6.54 Å². The number of benzene rings is 1. The van der Waals surface area contributed by atoms with Gasteiger partial charge in [0, 0.05) is 24.2 Å². The van der Waals surface area contributed by atoms with Crippen molar-refractivity contribution in [3.63, 3.8) is 0 Å². The van der Waals surface area contributed by atoms with Crippen molar-refractivity contribution in [2.24, 2.45) is 4.99 Å². The quantitative estimate of drug-likeness (QED) is 0.554. The van der Waals surface area contributed by atoms with Crippen LogP contribution in [0.2, 0.25) is 0 Å². The van der Waals surface area contributed by atoms with Gasteiger partial charge >= 0.3 is 0 Å². The smallest absolute Gasteiger partial charge is 0.191 e. The maximum Gasteiger partial charge on any atom is 0.191 e. The minimum Gasteiger partial charge on any atom is -0.488 e. The van der Waals surface area contributed by atoms with E-state index >= 15 is 0 Å². The molecule has 2 rings (SSSR count). The van der Waals surface area contributed by atoms with Gasteiger partial charge in [0.05, 0.1) is 12.2 Å². The summed E-state index contributed by atoms with van der Waals surface area (Å²) in [4.78, 5) is 4.74. The third-order valence-electron chi connectivity index (χ3n) is 4.24. The van der Waals surface area contributed by atoms with Gasteiger partial charge in [-0.2, -0.15) is 0 Å². The molecule has 6 nitrogen and oxygen atoms in total. The Labute approximate surface area is 168 Å². The van der Waals surface area contributed by atoms with E-state index in [-0.39, 0.29) is 5.60 Å². The molecule has 0 atom stereocenters. The SMILES string of the molecule is CCNC(=NCc1ccc(C)cc1OC(C)(C)C)NCCc1c(C)noc1C. The Morgan fingerprint density at radius 2 is 1.93 bits per heavy atom. The lowest BCUT2D eigenvalue weighted by atomic mass is 10.1. The van der Waals surface area contributed by atoms with E-state index in [9.17, 15) is 0 Å². The van der Waals surface area contributed by atoms with Crippen LogP contribution in [0.3, 0.4) is 0 Å². The summed E-state index contributed by atoms with van der Waals surface area (Å²) in [5, 5.41) is 10.7. The zero-order valence-electron chi connectivity index (χ0n) is 18.3. The molecule has 0 unspecified atom stereocenters. The van der Waals surface area contributed by atoms with Gasteiger partial charge in [0.1, 0.15) is 17.1 Å². The molecule has 0 aliphatic heterocycles. The molecule has 0 bridgehead atoms. The van der Waals surface area contributed by atoms with Crippen molar-refractivity contribution in [3.05, 3.63) is 46.3 Å². The first kappa shape index (κ1) is 21.8. The third-order valence-corrected chi connectivity index (χ3v) is 4.24. The van der Waals surface area contributed by atoms with E-state index in [1.54, 1.807) is 0 Å². The minimum absolute atomic E-state index is 0.247. The molecule has 2 N–H and O–H groups in total. The highest BCUT2D eigenvalue weighted by Crippen LogP contribution is 2.25. The topological polar surface area (TPSA) is 71.7 Å². The molecule has 0 aliphatic carbocycles. The number of nitrogens with zero attached hydrogens (tertiary/aromatic N) is 2. The van der Waals surface area contributed by atoms with Gasteiger partial charge in [-0.05, 0) is 66.5 Å². The van der Waals surface area contributed by atoms with Crippen LogP contribution in [0.15, 0.2) is 27.7 Å². The normalized spacial score (nSPS) is 12.2. The fraction of sp³-hybridized carbons (Fsp3) is 0.545. The van der Waals surface area contributed by atoms with Crippen molar-refractivity contribution in [3.8, 4) is 5.75 Å². The molecule has 1 aromatic heterocycles. The van der Waals surface area contributed by atoms with Gasteiger partial charge < -0.3 is 19.9 Å². The first-order chi connectivity index (χ1) is 13.2. The molecule has 0 fully saturated rings. The van der Waals surface area contributed by atoms with Crippen LogP contribution in [-0.4, -0.2) is 29.8 Å². The van der Waals surface area contributed by atoms with Gasteiger partial charge in [-0.15, -0.1) is 0 Å². The van der Waals surface area contributed by atoms with Crippen LogP contribution in [-0.2, 0) is 13.0 Å². The van der Waals surface area contributed by atoms with Crippen molar-refractivity contribution in [2.45, 2.75) is 67.0 Å². The standard InChI is InChI=1S/C22H34N4O2/c1-8-23-21(24-12-11-19-16(3)26-28-17(19)4)25-14-18-10-9-15(2)13-20(18)27-22(5,6)7/h9-10,13H,8,11-12,14H2,1-7H3,(H2,23,24,25). The van der Waals surface area contributed by atoms with Crippen molar-refractivity contribution in [1.82, 2.24) is 15.8 Å². The largest absolute Gasteiger partial charge is 0.488 e. The summed E-state index contributed by atoms with van der Waals surface area (Å²) in [6.45, 7) is 16.3. The number of guanidine groups is 1. The second-order valence-corrected chi connectivity index (χ2v) is 8.00. The molecule has 1 heterocycles. The highest BCUT2D eigenvalue weighted by molar-refractivity contribution is 5.79. The van der Waals surface area contributed by atoms with Gasteiger partial charge in [0.25, 0.3) is 0 Å². The lowest BCUT2D eigenvalue weighted by Crippen LogP contribution is -2.38. The van der Waals surface area contributed by atoms with E-state index in [1.165, 1.54) is 5.56 Å². The van der Waals surface area contributed by atoms with Crippen LogP contribution in [0.25, 0.3) is 0 Å². The average molecular weight is 387 g/mol. The van der Waals surface area contributed by atoms with Crippen LogP contribution >= 0.6 is 0 Å². The van der Waals surface area contributed by atoms with Crippen molar-refractivity contribution >= 4 is 5.96 Å². The fourth-order valence-electron chi connectivity index (χ4n) is 2.89. The lowest BCUT2D eigenvalue weighted by Gasteiger charge is -2.23. The monoisotopic (exact) mass is 386 g/mol. The molecule has 0 aliphatic rings. The number of ether oxygens (including phenoxy) is 1. The molecule has 0 spiro atoms. The number of hydrogen-bond donors (Lipinski definition) is 2. The summed E-state index contributed by atoms with van der Waals surface area (Å²) in [7, 11) is 0. The molecule has 0 saturated carbocycles. The first-order valence-corrected chi connectivity index (χ1v) is 9.92. The molecule has 2 aromatic rings. The number of aliphatic imine (C=N–C) groups is 1. The zero-order chi connectivity index (χ0) is 20.7. The van der Waals surface area contributed by atoms with Crippen molar-refractivity contribution in [2.75, 3.05) is 13.1 Å². The third kappa shape index (κ3) is 6.59. The van der Waals surface area contributed by atoms with Gasteiger partial charge in [-0.25, -0.2) is 4.99 Å². The van der Waals surface area contributed by atoms with Gasteiger partial charge in [-0.3, -0.25) is 0 Å². The van der Waals surface area contributed by atoms with E-state index in [1.807, 2.05) is 13.8 Å². The highest BCUT2D eigenvalue weighted by atomic mass is 16.5. The molecular weight excluding hydrogens is 352 g/mol. The zero-order valence-corrected chi connectivity index (χ0v) is 18.3. The number of nitrogens with one attached hydrogen (secondary N) is 2. The number of hydrogen-bond acceptors (Lipinski definition) is 4. The molecule has 154 valence electrons. The van der Waals surface area contributed by atoms with E-state index in [2.05, 4.69) is 68.6 Å². The maximum absolute atomic E-state index is 6.13. The number of aryl methyl sites for hydroxylation is 3. The van der Waals surface area contributed by atoms with E-state index in [4.69, 9.17) is 14.3 Å². The Morgan fingerprint density at radius 1 is 1.18 bits per heavy atom. The predicted octanol–water partition coefficient (Wildman–Crippen LogP) is 4.07. The van der Waals surface area contributed by atoms with Crippen LogP contribution in [0.5, 0.6) is 5.75 Å². The summed E-state index contributed by atoms with van der Waals surface area (Å²) in [5.74, 6) is 2.56. The molecule has 6 heteroatoms. The molecule has 0 saturated heterocycles. The summed E-state index contributed by atoms with van der Waals surface area (Å²) in [5.41, 5.74) is 4.11. The Hall–Kier alpha value is -2.50. The lowest BCUT2D eigenvalue weighted by molar-refractivity contribution is 0.129. The molecular formula is C22H34N4O2. The summed E-state index contributed by atoms with van der Waals surface area (Å²) in [6.07, 6.45) is 0.842. The molecule has 0 radical (unpaired) electrons. The van der Waals surface area contributed by atoms with Crippen LogP contribution < -0.4 is 15.4 Å². The second-order valence-electron chi connectivity index (χ2n) is 8.00. The summed E-state index contributed by atoms with van der Waals surface area (Å²) >= 11 is 0. The minimum atomic E-state index is -0.247. The molecule has 1 aromatic carbocycles. The van der Waals surface area contributed by atoms with Gasteiger partial charge in [-0.1, -0.05) is 17.3 Å². The average Bonchev–Trinajstić information content (AvgIpc) is 2.91. The highest BCUT2D eigenvalue weighted by Gasteiger charge is 2.15. The van der Waals surface area contributed by atoms with Crippen molar-refractivity contribution in [1.29, 1.82) is 0 Å². The Bertz CT molecular complexity index is 784. The summed E-state index contributed by atoms with van der Waals surface area (Å²) in [6, 6.07) is 6.26. The second kappa shape index (κ2) is 9.62.